The summed E-state index contributed by atoms with van der Waals surface area (Å²) in [6, 6.07) is 6.94. The Balaban J connectivity index is 2.08. The summed E-state index contributed by atoms with van der Waals surface area (Å²) in [6.07, 6.45) is 0. The SMILES string of the molecule is Cc1cc(NC(=O)CNc2ccc(F)c(Cl)c2)c([N+](=O)[O-])cc1C. The number of nitro groups is 1. The lowest BCUT2D eigenvalue weighted by molar-refractivity contribution is -0.384. The summed E-state index contributed by atoms with van der Waals surface area (Å²) in [5, 5.41) is 16.3. The van der Waals surface area contributed by atoms with Crippen molar-refractivity contribution in [3.05, 3.63) is 62.4 Å². The Bertz CT molecular complexity index is 811. The minimum absolute atomic E-state index is 0.0646. The van der Waals surface area contributed by atoms with Crippen LogP contribution in [0.2, 0.25) is 5.02 Å². The predicted octanol–water partition coefficient (Wildman–Crippen LogP) is 4.05. The highest BCUT2D eigenvalue weighted by molar-refractivity contribution is 6.31. The molecule has 126 valence electrons. The van der Waals surface area contributed by atoms with Crippen LogP contribution in [0.15, 0.2) is 30.3 Å². The monoisotopic (exact) mass is 351 g/mol. The Morgan fingerprint density at radius 3 is 2.54 bits per heavy atom. The molecule has 0 spiro atoms. The van der Waals surface area contributed by atoms with Gasteiger partial charge in [-0.15, -0.1) is 0 Å². The second-order valence-corrected chi connectivity index (χ2v) is 5.65. The molecule has 1 amide bonds. The maximum atomic E-state index is 13.1. The highest BCUT2D eigenvalue weighted by atomic mass is 35.5. The number of rotatable bonds is 5. The van der Waals surface area contributed by atoms with Gasteiger partial charge in [-0.1, -0.05) is 11.6 Å². The van der Waals surface area contributed by atoms with Crippen LogP contribution in [0.3, 0.4) is 0 Å². The Morgan fingerprint density at radius 1 is 1.25 bits per heavy atom. The number of anilines is 2. The smallest absolute Gasteiger partial charge is 0.293 e. The van der Waals surface area contributed by atoms with E-state index in [1.54, 1.807) is 19.9 Å². The maximum absolute atomic E-state index is 13.1. The van der Waals surface area contributed by atoms with Gasteiger partial charge in [-0.05, 0) is 49.2 Å². The normalized spacial score (nSPS) is 10.3. The fraction of sp³-hybridized carbons (Fsp3) is 0.188. The van der Waals surface area contributed by atoms with Crippen LogP contribution in [0.4, 0.5) is 21.5 Å². The molecule has 0 aliphatic rings. The second-order valence-electron chi connectivity index (χ2n) is 5.24. The summed E-state index contributed by atoms with van der Waals surface area (Å²) in [5.41, 5.74) is 2.02. The number of halogens is 2. The average molecular weight is 352 g/mol. The first kappa shape index (κ1) is 17.7. The van der Waals surface area contributed by atoms with E-state index in [1.807, 2.05) is 0 Å². The molecule has 0 heterocycles. The van der Waals surface area contributed by atoms with Gasteiger partial charge in [0.15, 0.2) is 0 Å². The molecule has 0 bridgehead atoms. The molecule has 2 aromatic carbocycles. The van der Waals surface area contributed by atoms with E-state index in [1.165, 1.54) is 24.3 Å². The molecule has 0 unspecified atom stereocenters. The van der Waals surface area contributed by atoms with Gasteiger partial charge in [-0.3, -0.25) is 14.9 Å². The topological polar surface area (TPSA) is 84.3 Å². The molecule has 0 atom stereocenters. The van der Waals surface area contributed by atoms with Crippen LogP contribution in [0, 0.1) is 29.8 Å². The van der Waals surface area contributed by atoms with Gasteiger partial charge in [-0.25, -0.2) is 4.39 Å². The van der Waals surface area contributed by atoms with Crippen LogP contribution in [0.25, 0.3) is 0 Å². The first-order chi connectivity index (χ1) is 11.3. The maximum Gasteiger partial charge on any atom is 0.293 e. The Morgan fingerprint density at radius 2 is 1.92 bits per heavy atom. The number of benzene rings is 2. The zero-order valence-corrected chi connectivity index (χ0v) is 13.8. The standard InChI is InChI=1S/C16H15ClFN3O3/c1-9-5-14(15(21(23)24)6-10(9)2)20-16(22)8-19-11-3-4-13(18)12(17)7-11/h3-7,19H,8H2,1-2H3,(H,20,22). The molecule has 0 aliphatic carbocycles. The molecule has 2 rings (SSSR count). The lowest BCUT2D eigenvalue weighted by atomic mass is 10.1. The zero-order valence-electron chi connectivity index (χ0n) is 13.0. The van der Waals surface area contributed by atoms with Crippen molar-refractivity contribution in [3.63, 3.8) is 0 Å². The van der Waals surface area contributed by atoms with Gasteiger partial charge in [0.05, 0.1) is 16.5 Å². The summed E-state index contributed by atoms with van der Waals surface area (Å²) in [7, 11) is 0. The van der Waals surface area contributed by atoms with Crippen LogP contribution in [0.1, 0.15) is 11.1 Å². The average Bonchev–Trinajstić information content (AvgIpc) is 2.51. The van der Waals surface area contributed by atoms with Crippen molar-refractivity contribution >= 4 is 34.6 Å². The molecule has 8 heteroatoms. The molecule has 6 nitrogen and oxygen atoms in total. The van der Waals surface area contributed by atoms with Crippen molar-refractivity contribution in [2.24, 2.45) is 0 Å². The van der Waals surface area contributed by atoms with Crippen molar-refractivity contribution in [2.45, 2.75) is 13.8 Å². The van der Waals surface area contributed by atoms with Crippen LogP contribution in [-0.4, -0.2) is 17.4 Å². The molecule has 0 aromatic heterocycles. The molecule has 2 N–H and O–H groups in total. The van der Waals surface area contributed by atoms with Crippen molar-refractivity contribution in [1.29, 1.82) is 0 Å². The van der Waals surface area contributed by atoms with Gasteiger partial charge in [0, 0.05) is 11.8 Å². The quantitative estimate of drug-likeness (QED) is 0.628. The van der Waals surface area contributed by atoms with Gasteiger partial charge >= 0.3 is 0 Å². The molecule has 0 radical (unpaired) electrons. The van der Waals surface area contributed by atoms with Gasteiger partial charge in [0.2, 0.25) is 5.91 Å². The summed E-state index contributed by atoms with van der Waals surface area (Å²) in [4.78, 5) is 22.6. The highest BCUT2D eigenvalue weighted by Gasteiger charge is 2.17. The number of hydrogen-bond acceptors (Lipinski definition) is 4. The van der Waals surface area contributed by atoms with E-state index in [9.17, 15) is 19.3 Å². The van der Waals surface area contributed by atoms with E-state index in [4.69, 9.17) is 11.6 Å². The van der Waals surface area contributed by atoms with E-state index in [0.29, 0.717) is 5.69 Å². The highest BCUT2D eigenvalue weighted by Crippen LogP contribution is 2.28. The number of hydrogen-bond donors (Lipinski definition) is 2. The third-order valence-electron chi connectivity index (χ3n) is 3.46. The predicted molar refractivity (Wildman–Crippen MR) is 91.1 cm³/mol. The number of aryl methyl sites for hydroxylation is 2. The lowest BCUT2D eigenvalue weighted by Crippen LogP contribution is -2.22. The van der Waals surface area contributed by atoms with Crippen molar-refractivity contribution in [2.75, 3.05) is 17.2 Å². The molecule has 0 aliphatic heterocycles. The Labute approximate surface area is 142 Å². The van der Waals surface area contributed by atoms with Gasteiger partial charge in [0.25, 0.3) is 5.69 Å². The zero-order chi connectivity index (χ0) is 17.9. The molecular formula is C16H15ClFN3O3. The van der Waals surface area contributed by atoms with Crippen LogP contribution < -0.4 is 10.6 Å². The number of amides is 1. The van der Waals surface area contributed by atoms with E-state index in [2.05, 4.69) is 10.6 Å². The Hall–Kier alpha value is -2.67. The fourth-order valence-electron chi connectivity index (χ4n) is 2.03. The molecular weight excluding hydrogens is 337 g/mol. The summed E-state index contributed by atoms with van der Waals surface area (Å²) in [5.74, 6) is -1.03. The van der Waals surface area contributed by atoms with Crippen LogP contribution >= 0.6 is 11.6 Å². The Kier molecular flexibility index (Phi) is 5.35. The minimum Gasteiger partial charge on any atom is -0.376 e. The number of nitrogens with one attached hydrogen (secondary N) is 2. The summed E-state index contributed by atoms with van der Waals surface area (Å²) < 4.78 is 13.1. The van der Waals surface area contributed by atoms with E-state index >= 15 is 0 Å². The second kappa shape index (κ2) is 7.27. The van der Waals surface area contributed by atoms with E-state index in [0.717, 1.165) is 11.1 Å². The van der Waals surface area contributed by atoms with Gasteiger partial charge in [-0.2, -0.15) is 0 Å². The number of carbonyl (C=O) groups excluding carboxylic acids is 1. The number of carbonyl (C=O) groups is 1. The summed E-state index contributed by atoms with van der Waals surface area (Å²) >= 11 is 5.66. The first-order valence-corrected chi connectivity index (χ1v) is 7.40. The molecule has 0 saturated heterocycles. The van der Waals surface area contributed by atoms with Crippen molar-refractivity contribution < 1.29 is 14.1 Å². The van der Waals surface area contributed by atoms with Gasteiger partial charge < -0.3 is 10.6 Å². The third-order valence-corrected chi connectivity index (χ3v) is 3.75. The number of nitrogens with zero attached hydrogens (tertiary/aromatic N) is 1. The van der Waals surface area contributed by atoms with Crippen LogP contribution in [-0.2, 0) is 4.79 Å². The van der Waals surface area contributed by atoms with Crippen molar-refractivity contribution in [3.8, 4) is 0 Å². The largest absolute Gasteiger partial charge is 0.376 e. The molecule has 24 heavy (non-hydrogen) atoms. The van der Waals surface area contributed by atoms with E-state index < -0.39 is 16.6 Å². The number of nitro benzene ring substituents is 1. The van der Waals surface area contributed by atoms with E-state index in [-0.39, 0.29) is 22.9 Å². The molecule has 0 fully saturated rings. The summed E-state index contributed by atoms with van der Waals surface area (Å²) in [6.45, 7) is 3.41. The fourth-order valence-corrected chi connectivity index (χ4v) is 2.22. The minimum atomic E-state index is -0.558. The molecule has 0 saturated carbocycles. The third kappa shape index (κ3) is 4.20. The molecule has 2 aromatic rings. The first-order valence-electron chi connectivity index (χ1n) is 7.02. The van der Waals surface area contributed by atoms with Gasteiger partial charge in [0.1, 0.15) is 11.5 Å². The van der Waals surface area contributed by atoms with Crippen molar-refractivity contribution in [1.82, 2.24) is 0 Å². The van der Waals surface area contributed by atoms with Crippen LogP contribution in [0.5, 0.6) is 0 Å². The lowest BCUT2D eigenvalue weighted by Gasteiger charge is -2.10.